The van der Waals surface area contributed by atoms with E-state index in [4.69, 9.17) is 38.3 Å². The first kappa shape index (κ1) is 37.4. The van der Waals surface area contributed by atoms with Crippen LogP contribution in [-0.2, 0) is 55.9 Å². The number of nitrogens with one attached hydrogen (secondary N) is 3. The lowest BCUT2D eigenvalue weighted by molar-refractivity contribution is -0.238. The summed E-state index contributed by atoms with van der Waals surface area (Å²) in [4.78, 5) is 33.4. The van der Waals surface area contributed by atoms with Crippen molar-refractivity contribution in [3.8, 4) is 0 Å². The van der Waals surface area contributed by atoms with Gasteiger partial charge in [-0.15, -0.1) is 5.10 Å². The second kappa shape index (κ2) is 20.3. The molecule has 262 valence electrons. The first-order valence-electron chi connectivity index (χ1n) is 15.1. The van der Waals surface area contributed by atoms with Gasteiger partial charge in [-0.25, -0.2) is 9.48 Å². The Labute approximate surface area is 266 Å². The minimum Gasteiger partial charge on any atom is -0.465 e. The summed E-state index contributed by atoms with van der Waals surface area (Å²) in [6.45, 7) is 5.45. The van der Waals surface area contributed by atoms with Crippen LogP contribution in [0.4, 0.5) is 4.79 Å². The van der Waals surface area contributed by atoms with Crippen molar-refractivity contribution in [2.24, 2.45) is 0 Å². The van der Waals surface area contributed by atoms with E-state index < -0.39 is 36.2 Å². The van der Waals surface area contributed by atoms with Gasteiger partial charge in [0.05, 0.1) is 85.4 Å². The zero-order valence-electron chi connectivity index (χ0n) is 26.0. The van der Waals surface area contributed by atoms with Crippen LogP contribution in [0.25, 0.3) is 0 Å². The summed E-state index contributed by atoms with van der Waals surface area (Å²) in [5, 5.41) is 44.9. The summed E-state index contributed by atoms with van der Waals surface area (Å²) in [6, 6.07) is -0.860. The Kier molecular flexibility index (Phi) is 16.5. The van der Waals surface area contributed by atoms with Crippen LogP contribution < -0.4 is 16.0 Å². The van der Waals surface area contributed by atoms with Gasteiger partial charge in [0.2, 0.25) is 11.8 Å². The van der Waals surface area contributed by atoms with Crippen molar-refractivity contribution in [1.29, 1.82) is 0 Å². The van der Waals surface area contributed by atoms with Crippen molar-refractivity contribution in [3.05, 3.63) is 11.9 Å². The highest BCUT2D eigenvalue weighted by molar-refractivity contribution is 5.75. The Morgan fingerprint density at radius 3 is 2.37 bits per heavy atom. The third-order valence-electron chi connectivity index (χ3n) is 6.92. The lowest BCUT2D eigenvalue weighted by atomic mass is 9.88. The molecule has 0 aromatic carbocycles. The van der Waals surface area contributed by atoms with Crippen LogP contribution in [0.3, 0.4) is 0 Å². The number of carbonyl (C=O) groups excluding carboxylic acids is 2. The molecule has 46 heavy (non-hydrogen) atoms. The van der Waals surface area contributed by atoms with Crippen LogP contribution in [0.5, 0.6) is 0 Å². The number of aliphatic hydroxyl groups excluding tert-OH is 2. The van der Waals surface area contributed by atoms with E-state index in [0.717, 1.165) is 0 Å². The Morgan fingerprint density at radius 1 is 0.978 bits per heavy atom. The van der Waals surface area contributed by atoms with Crippen LogP contribution in [0, 0.1) is 0 Å². The molecule has 0 spiro atoms. The number of aliphatic hydroxyl groups is 2. The summed E-state index contributed by atoms with van der Waals surface area (Å²) in [7, 11) is 0. The molecular weight excluding hydrogens is 616 g/mol. The fourth-order valence-electron chi connectivity index (χ4n) is 4.62. The third-order valence-corrected chi connectivity index (χ3v) is 6.92. The van der Waals surface area contributed by atoms with Gasteiger partial charge in [-0.2, -0.15) is 0 Å². The van der Waals surface area contributed by atoms with Gasteiger partial charge < -0.3 is 64.4 Å². The molecule has 2 bridgehead atoms. The molecule has 5 atom stereocenters. The lowest BCUT2D eigenvalue weighted by Crippen LogP contribution is -2.66. The van der Waals surface area contributed by atoms with Crippen molar-refractivity contribution in [3.63, 3.8) is 0 Å². The molecule has 0 saturated carbocycles. The summed E-state index contributed by atoms with van der Waals surface area (Å²) >= 11 is 0. The van der Waals surface area contributed by atoms with E-state index in [1.165, 1.54) is 6.92 Å². The van der Waals surface area contributed by atoms with E-state index in [0.29, 0.717) is 71.5 Å². The summed E-state index contributed by atoms with van der Waals surface area (Å²) in [6.07, 6.45) is -2.10. The molecule has 1 aromatic rings. The van der Waals surface area contributed by atoms with Gasteiger partial charge in [-0.1, -0.05) is 5.21 Å². The first-order chi connectivity index (χ1) is 22.2. The summed E-state index contributed by atoms with van der Waals surface area (Å²) < 4.78 is 40.6. The van der Waals surface area contributed by atoms with Crippen LogP contribution in [0.2, 0.25) is 0 Å². The molecule has 19 heteroatoms. The van der Waals surface area contributed by atoms with Crippen molar-refractivity contribution in [2.75, 3.05) is 79.2 Å². The largest absolute Gasteiger partial charge is 0.465 e. The highest BCUT2D eigenvalue weighted by Crippen LogP contribution is 2.37. The standard InChI is InChI=1S/C27H46N6O13/c1-19(34)30-22-23(36)24(37)27(18-45-25(22)46-27)17-44-14-13-42-12-11-41-10-9-40-8-6-33-15-20(31-32-33)16-43-7-5-28-21(35)3-2-4-29-26(38)39/h15,22-25,29,36-37H,2-14,16-18H2,1H3,(H,28,35)(H,30,34)(H,38,39)/t22-,23-,24-,25+,27-/m1/s1. The average Bonchev–Trinajstić information content (AvgIpc) is 3.65. The Bertz CT molecular complexity index is 1070. The number of ether oxygens (including phenoxy) is 7. The Hall–Kier alpha value is -3.01. The molecule has 6 N–H and O–H groups in total. The van der Waals surface area contributed by atoms with Crippen LogP contribution >= 0.6 is 0 Å². The molecule has 2 fully saturated rings. The molecule has 0 unspecified atom stereocenters. The number of amides is 3. The molecule has 2 saturated heterocycles. The van der Waals surface area contributed by atoms with Crippen molar-refractivity contribution in [1.82, 2.24) is 30.9 Å². The highest BCUT2D eigenvalue weighted by Gasteiger charge is 2.59. The highest BCUT2D eigenvalue weighted by atomic mass is 16.8. The molecular formula is C27H46N6O13. The van der Waals surface area contributed by atoms with E-state index in [9.17, 15) is 24.6 Å². The number of fused-ring (bicyclic) bond motifs is 2. The second-order valence-electron chi connectivity index (χ2n) is 10.6. The number of carbonyl (C=O) groups is 3. The van der Waals surface area contributed by atoms with Gasteiger partial charge in [0.25, 0.3) is 0 Å². The summed E-state index contributed by atoms with van der Waals surface area (Å²) in [5.74, 6) is -0.533. The Morgan fingerprint density at radius 2 is 1.67 bits per heavy atom. The van der Waals surface area contributed by atoms with Crippen LogP contribution in [0.15, 0.2) is 6.20 Å². The number of hydrogen-bond donors (Lipinski definition) is 6. The van der Waals surface area contributed by atoms with Gasteiger partial charge in [0.1, 0.15) is 29.5 Å². The number of nitrogens with zero attached hydrogens (tertiary/aromatic N) is 3. The maximum atomic E-state index is 11.7. The number of rotatable bonds is 24. The van der Waals surface area contributed by atoms with E-state index >= 15 is 0 Å². The van der Waals surface area contributed by atoms with Crippen LogP contribution in [0.1, 0.15) is 25.5 Å². The number of aromatic nitrogens is 3. The van der Waals surface area contributed by atoms with Gasteiger partial charge in [0.15, 0.2) is 6.29 Å². The second-order valence-corrected chi connectivity index (χ2v) is 10.6. The molecule has 1 aromatic heterocycles. The molecule has 3 heterocycles. The fraction of sp³-hybridized carbons (Fsp3) is 0.815. The SMILES string of the molecule is CC(=O)N[C@H]1[C@H]2OC[C@@](COCCOCCOCCOCCn3cc(COCCNC(=O)CCCNC(=O)O)nn3)(O2)[C@H](O)[C@@H]1O. The normalized spacial score (nSPS) is 23.7. The number of hydrogen-bond acceptors (Lipinski definition) is 14. The van der Waals surface area contributed by atoms with Gasteiger partial charge in [-0.05, 0) is 6.42 Å². The van der Waals surface area contributed by atoms with Crippen molar-refractivity contribution < 1.29 is 62.9 Å². The molecule has 19 nitrogen and oxygen atoms in total. The summed E-state index contributed by atoms with van der Waals surface area (Å²) in [5.41, 5.74) is -0.558. The average molecular weight is 663 g/mol. The minimum absolute atomic E-state index is 0.00426. The molecule has 3 amide bonds. The van der Waals surface area contributed by atoms with Crippen molar-refractivity contribution >= 4 is 17.9 Å². The van der Waals surface area contributed by atoms with Gasteiger partial charge in [-0.3, -0.25) is 9.59 Å². The Balaban J connectivity index is 1.09. The topological polar surface area (TPSA) is 243 Å². The van der Waals surface area contributed by atoms with E-state index in [1.54, 1.807) is 10.9 Å². The monoisotopic (exact) mass is 662 g/mol. The molecule has 0 aliphatic carbocycles. The quantitative estimate of drug-likeness (QED) is 0.0621. The van der Waals surface area contributed by atoms with E-state index in [1.807, 2.05) is 0 Å². The number of carboxylic acid groups (broad SMARTS) is 1. The maximum absolute atomic E-state index is 11.7. The van der Waals surface area contributed by atoms with E-state index in [2.05, 4.69) is 26.3 Å². The van der Waals surface area contributed by atoms with Gasteiger partial charge in [0, 0.05) is 26.4 Å². The molecule has 2 aliphatic heterocycles. The van der Waals surface area contributed by atoms with Crippen molar-refractivity contribution in [2.45, 2.75) is 63.1 Å². The molecule has 0 radical (unpaired) electrons. The van der Waals surface area contributed by atoms with Gasteiger partial charge >= 0.3 is 6.09 Å². The predicted molar refractivity (Wildman–Crippen MR) is 154 cm³/mol. The molecule has 2 aliphatic rings. The smallest absolute Gasteiger partial charge is 0.404 e. The molecule has 3 rings (SSSR count). The van der Waals surface area contributed by atoms with Crippen LogP contribution in [-0.4, -0.2) is 158 Å². The lowest BCUT2D eigenvalue weighted by Gasteiger charge is -2.42. The van der Waals surface area contributed by atoms with E-state index in [-0.39, 0.29) is 51.2 Å². The fourth-order valence-corrected chi connectivity index (χ4v) is 4.62. The first-order valence-corrected chi connectivity index (χ1v) is 15.1. The zero-order valence-corrected chi connectivity index (χ0v) is 26.0. The third kappa shape index (κ3) is 13.0. The maximum Gasteiger partial charge on any atom is 0.404 e. The predicted octanol–water partition coefficient (Wildman–Crippen LogP) is -2.62. The zero-order chi connectivity index (χ0) is 33.2. The minimum atomic E-state index is -1.29.